The van der Waals surface area contributed by atoms with Gasteiger partial charge in [0.25, 0.3) is 0 Å². The zero-order valence-electron chi connectivity index (χ0n) is 12.0. The van der Waals surface area contributed by atoms with E-state index in [9.17, 15) is 61.5 Å². The molecule has 25 heavy (non-hydrogen) atoms. The smallest absolute Gasteiger partial charge is 0.330 e. The molecule has 0 fully saturated rings. The predicted octanol–water partition coefficient (Wildman–Crippen LogP) is 5.40. The zero-order chi connectivity index (χ0) is 21.1. The normalized spacial score (nSPS) is 14.9. The molecule has 0 unspecified atom stereocenters. The Morgan fingerprint density at radius 1 is 0.520 bits per heavy atom. The summed E-state index contributed by atoms with van der Waals surface area (Å²) in [5, 5.41) is 0. The van der Waals surface area contributed by atoms with Crippen molar-refractivity contribution >= 4 is 0 Å². The van der Waals surface area contributed by atoms with E-state index >= 15 is 0 Å². The third-order valence-electron chi connectivity index (χ3n) is 2.45. The van der Waals surface area contributed by atoms with E-state index in [2.05, 4.69) is 6.92 Å². The molecule has 0 aliphatic carbocycles. The van der Waals surface area contributed by atoms with Crippen LogP contribution in [0.4, 0.5) is 61.5 Å². The van der Waals surface area contributed by atoms with E-state index in [1.165, 1.54) is 12.8 Å². The van der Waals surface area contributed by atoms with Crippen LogP contribution >= 0.6 is 0 Å². The van der Waals surface area contributed by atoms with E-state index in [-0.39, 0.29) is 0 Å². The molecule has 0 spiro atoms. The van der Waals surface area contributed by atoms with Crippen molar-refractivity contribution in [3.63, 3.8) is 0 Å². The van der Waals surface area contributed by atoms with E-state index in [0.717, 1.165) is 6.54 Å². The molecule has 0 heterocycles. The van der Waals surface area contributed by atoms with Crippen LogP contribution in [0, 0.1) is 0 Å². The molecule has 0 aromatic rings. The molecule has 154 valence electrons. The maximum absolute atomic E-state index is 12.3. The van der Waals surface area contributed by atoms with Crippen molar-refractivity contribution in [3.05, 3.63) is 0 Å². The average Bonchev–Trinajstić information content (AvgIpc) is 2.37. The standard InChI is InChI=1S/C6F14.C4H11N/c7-1(8,3(11,12)5(15,16)17)2(9,10)4(13,14)6(18,19)20;1-2-3-4-5/h;2-5H2,1H3. The van der Waals surface area contributed by atoms with Crippen molar-refractivity contribution in [2.45, 2.75) is 55.8 Å². The minimum atomic E-state index is -8.04. The summed E-state index contributed by atoms with van der Waals surface area (Å²) in [7, 11) is 0. The number of alkyl halides is 14. The first-order valence-corrected chi connectivity index (χ1v) is 6.01. The molecule has 0 aliphatic heterocycles. The molecule has 0 atom stereocenters. The van der Waals surface area contributed by atoms with Gasteiger partial charge in [0.05, 0.1) is 0 Å². The lowest BCUT2D eigenvalue weighted by molar-refractivity contribution is -0.451. The molecular weight excluding hydrogens is 400 g/mol. The number of hydrogen-bond acceptors (Lipinski definition) is 1. The van der Waals surface area contributed by atoms with Gasteiger partial charge in [0.15, 0.2) is 0 Å². The molecule has 1 nitrogen and oxygen atoms in total. The van der Waals surface area contributed by atoms with Gasteiger partial charge in [-0.05, 0) is 13.0 Å². The summed E-state index contributed by atoms with van der Waals surface area (Å²) in [5.41, 5.74) is 5.14. The van der Waals surface area contributed by atoms with Crippen LogP contribution in [0.25, 0.3) is 0 Å². The highest BCUT2D eigenvalue weighted by molar-refractivity contribution is 5.08. The minimum absolute atomic E-state index is 0.844. The fraction of sp³-hybridized carbons (Fsp3) is 1.00. The molecule has 0 rings (SSSR count). The first-order chi connectivity index (χ1) is 10.7. The van der Waals surface area contributed by atoms with Gasteiger partial charge >= 0.3 is 36.0 Å². The van der Waals surface area contributed by atoms with Crippen LogP contribution in [0.1, 0.15) is 19.8 Å². The Balaban J connectivity index is 0. The fourth-order valence-electron chi connectivity index (χ4n) is 0.954. The quantitative estimate of drug-likeness (QED) is 0.603. The van der Waals surface area contributed by atoms with Gasteiger partial charge in [-0.2, -0.15) is 61.5 Å². The molecule has 0 aromatic heterocycles. The minimum Gasteiger partial charge on any atom is -0.330 e. The summed E-state index contributed by atoms with van der Waals surface area (Å²) < 4.78 is 166. The highest BCUT2D eigenvalue weighted by Gasteiger charge is 2.91. The summed E-state index contributed by atoms with van der Waals surface area (Å²) in [5.74, 6) is -31.7. The summed E-state index contributed by atoms with van der Waals surface area (Å²) in [6.07, 6.45) is -12.6. The molecule has 0 saturated heterocycles. The maximum atomic E-state index is 12.3. The van der Waals surface area contributed by atoms with Gasteiger partial charge in [-0.1, -0.05) is 13.3 Å². The van der Waals surface area contributed by atoms with E-state index in [0.29, 0.717) is 0 Å². The molecule has 0 bridgehead atoms. The third kappa shape index (κ3) is 4.78. The number of halogens is 14. The highest BCUT2D eigenvalue weighted by Crippen LogP contribution is 2.60. The van der Waals surface area contributed by atoms with E-state index in [1.807, 2.05) is 0 Å². The second kappa shape index (κ2) is 7.70. The van der Waals surface area contributed by atoms with Crippen LogP contribution in [0.15, 0.2) is 0 Å². The number of nitrogens with two attached hydrogens (primary N) is 1. The monoisotopic (exact) mass is 411 g/mol. The lowest BCUT2D eigenvalue weighted by Crippen LogP contribution is -2.69. The summed E-state index contributed by atoms with van der Waals surface area (Å²) in [6.45, 7) is 2.98. The number of rotatable bonds is 5. The SMILES string of the molecule is CCCCN.FC(F)(F)C(F)(F)C(F)(F)C(F)(F)C(F)(F)C(F)(F)F. The lowest BCUT2D eigenvalue weighted by Gasteiger charge is -2.37. The first kappa shape index (κ1) is 26.2. The van der Waals surface area contributed by atoms with Gasteiger partial charge in [0, 0.05) is 0 Å². The third-order valence-corrected chi connectivity index (χ3v) is 2.45. The van der Waals surface area contributed by atoms with Gasteiger partial charge in [0.2, 0.25) is 0 Å². The van der Waals surface area contributed by atoms with Crippen LogP contribution in [0.2, 0.25) is 0 Å². The van der Waals surface area contributed by atoms with Crippen LogP contribution in [-0.2, 0) is 0 Å². The average molecular weight is 411 g/mol. The van der Waals surface area contributed by atoms with Gasteiger partial charge in [-0.15, -0.1) is 0 Å². The van der Waals surface area contributed by atoms with Gasteiger partial charge in [0.1, 0.15) is 0 Å². The van der Waals surface area contributed by atoms with Crippen molar-refractivity contribution in [3.8, 4) is 0 Å². The van der Waals surface area contributed by atoms with Crippen molar-refractivity contribution in [1.29, 1.82) is 0 Å². The lowest BCUT2D eigenvalue weighted by atomic mass is 9.98. The van der Waals surface area contributed by atoms with Crippen LogP contribution in [-0.4, -0.2) is 42.6 Å². The molecule has 0 saturated carbocycles. The molecule has 15 heteroatoms. The zero-order valence-corrected chi connectivity index (χ0v) is 12.0. The molecule has 0 amide bonds. The van der Waals surface area contributed by atoms with Gasteiger partial charge in [-0.3, -0.25) is 0 Å². The fourth-order valence-corrected chi connectivity index (χ4v) is 0.954. The Morgan fingerprint density at radius 2 is 0.760 bits per heavy atom. The van der Waals surface area contributed by atoms with Crippen molar-refractivity contribution < 1.29 is 61.5 Å². The van der Waals surface area contributed by atoms with Gasteiger partial charge < -0.3 is 5.73 Å². The summed E-state index contributed by atoms with van der Waals surface area (Å²) in [6, 6.07) is 0. The Hall–Kier alpha value is -1.02. The van der Waals surface area contributed by atoms with E-state index in [4.69, 9.17) is 5.73 Å². The summed E-state index contributed by atoms with van der Waals surface area (Å²) in [4.78, 5) is 0. The molecular formula is C10H11F14N. The molecule has 0 radical (unpaired) electrons. The molecule has 2 N–H and O–H groups in total. The van der Waals surface area contributed by atoms with Crippen molar-refractivity contribution in [2.75, 3.05) is 6.54 Å². The topological polar surface area (TPSA) is 26.0 Å². The van der Waals surface area contributed by atoms with Crippen molar-refractivity contribution in [2.24, 2.45) is 5.73 Å². The Labute approximate surface area is 131 Å². The van der Waals surface area contributed by atoms with Gasteiger partial charge in [-0.25, -0.2) is 0 Å². The number of hydrogen-bond donors (Lipinski definition) is 1. The first-order valence-electron chi connectivity index (χ1n) is 6.01. The Bertz CT molecular complexity index is 369. The maximum Gasteiger partial charge on any atom is 0.460 e. The Kier molecular flexibility index (Phi) is 8.07. The second-order valence-electron chi connectivity index (χ2n) is 4.44. The van der Waals surface area contributed by atoms with Crippen LogP contribution in [0.3, 0.4) is 0 Å². The number of unbranched alkanes of at least 4 members (excludes halogenated alkanes) is 1. The highest BCUT2D eigenvalue weighted by atomic mass is 19.4. The van der Waals surface area contributed by atoms with Crippen LogP contribution < -0.4 is 5.73 Å². The second-order valence-corrected chi connectivity index (χ2v) is 4.44. The predicted molar refractivity (Wildman–Crippen MR) is 55.9 cm³/mol. The van der Waals surface area contributed by atoms with E-state index in [1.54, 1.807) is 0 Å². The van der Waals surface area contributed by atoms with Crippen LogP contribution in [0.5, 0.6) is 0 Å². The van der Waals surface area contributed by atoms with E-state index < -0.39 is 36.0 Å². The largest absolute Gasteiger partial charge is 0.460 e. The molecule has 0 aromatic carbocycles. The summed E-state index contributed by atoms with van der Waals surface area (Å²) >= 11 is 0. The Morgan fingerprint density at radius 3 is 0.840 bits per heavy atom. The molecule has 0 aliphatic rings. The van der Waals surface area contributed by atoms with Crippen molar-refractivity contribution in [1.82, 2.24) is 0 Å².